The van der Waals surface area contributed by atoms with Crippen molar-refractivity contribution in [2.24, 2.45) is 0 Å². The van der Waals surface area contributed by atoms with Crippen molar-refractivity contribution in [3.63, 3.8) is 0 Å². The van der Waals surface area contributed by atoms with E-state index in [1.165, 1.54) is 6.08 Å². The van der Waals surface area contributed by atoms with Crippen LogP contribution in [0.1, 0.15) is 83.6 Å². The van der Waals surface area contributed by atoms with Gasteiger partial charge in [-0.1, -0.05) is 98.0 Å². The summed E-state index contributed by atoms with van der Waals surface area (Å²) in [4.78, 5) is 40.0. The summed E-state index contributed by atoms with van der Waals surface area (Å²) >= 11 is 0. The molecule has 1 saturated heterocycles. The van der Waals surface area contributed by atoms with Gasteiger partial charge in [0, 0.05) is 37.2 Å². The molecule has 1 aromatic rings. The number of carbonyl (C=O) groups is 3. The lowest BCUT2D eigenvalue weighted by molar-refractivity contribution is -0.132. The molecule has 2 aliphatic rings. The van der Waals surface area contributed by atoms with Gasteiger partial charge in [-0.15, -0.1) is 0 Å². The topological polar surface area (TPSA) is 75.7 Å². The number of rotatable bonds is 16. The van der Waals surface area contributed by atoms with E-state index in [2.05, 4.69) is 73.0 Å². The average Bonchev–Trinajstić information content (AvgIpc) is 3.34. The number of amides is 2. The zero-order valence-electron chi connectivity index (χ0n) is 25.9. The first-order valence-corrected chi connectivity index (χ1v) is 15.8. The summed E-state index contributed by atoms with van der Waals surface area (Å²) in [5.74, 6) is -0.406. The second-order valence-corrected chi connectivity index (χ2v) is 11.1. The Morgan fingerprint density at radius 3 is 2.02 bits per heavy atom. The number of allylic oxidation sites excluding steroid dienone is 10. The third-order valence-corrected chi connectivity index (χ3v) is 7.70. The van der Waals surface area contributed by atoms with Gasteiger partial charge in [-0.2, -0.15) is 0 Å². The molecule has 0 aliphatic carbocycles. The minimum Gasteiger partial charge on any atom is -0.469 e. The van der Waals surface area contributed by atoms with E-state index < -0.39 is 5.60 Å². The summed E-state index contributed by atoms with van der Waals surface area (Å²) in [6, 6.07) is 9.15. The van der Waals surface area contributed by atoms with E-state index in [1.807, 2.05) is 35.2 Å². The van der Waals surface area contributed by atoms with Crippen LogP contribution in [0.25, 0.3) is 0 Å². The summed E-state index contributed by atoms with van der Waals surface area (Å²) in [6.45, 7) is 5.07. The van der Waals surface area contributed by atoms with Gasteiger partial charge in [0.1, 0.15) is 0 Å². The maximum atomic E-state index is 12.8. The molecule has 1 fully saturated rings. The molecule has 2 heterocycles. The molecule has 6 nitrogen and oxygen atoms in total. The lowest BCUT2D eigenvalue weighted by Crippen LogP contribution is -2.47. The van der Waals surface area contributed by atoms with Crippen molar-refractivity contribution in [1.29, 1.82) is 0 Å². The summed E-state index contributed by atoms with van der Waals surface area (Å²) in [6.07, 6.45) is 31.7. The molecule has 0 aromatic heterocycles. The van der Waals surface area contributed by atoms with Crippen molar-refractivity contribution < 1.29 is 19.1 Å². The number of nitrogens with zero attached hydrogens (tertiary/aromatic N) is 1. The number of ketones is 1. The van der Waals surface area contributed by atoms with Crippen LogP contribution in [0.2, 0.25) is 0 Å². The highest BCUT2D eigenvalue weighted by Crippen LogP contribution is 2.34. The molecule has 230 valence electrons. The van der Waals surface area contributed by atoms with E-state index in [9.17, 15) is 14.4 Å². The fourth-order valence-electron chi connectivity index (χ4n) is 5.05. The van der Waals surface area contributed by atoms with Crippen molar-refractivity contribution in [3.8, 4) is 0 Å². The number of likely N-dealkylation sites (tertiary alicyclic amines) is 1. The smallest absolute Gasteiger partial charge is 0.286 e. The molecular weight excluding hydrogens is 536 g/mol. The number of carbonyl (C=O) groups excluding carboxylic acids is 3. The molecule has 1 N–H and O–H groups in total. The van der Waals surface area contributed by atoms with E-state index in [-0.39, 0.29) is 29.4 Å². The van der Waals surface area contributed by atoms with Crippen molar-refractivity contribution in [1.82, 2.24) is 10.2 Å². The van der Waals surface area contributed by atoms with Gasteiger partial charge in [0.05, 0.1) is 0 Å². The Morgan fingerprint density at radius 1 is 0.884 bits per heavy atom. The summed E-state index contributed by atoms with van der Waals surface area (Å²) in [5, 5.41) is 2.99. The second kappa shape index (κ2) is 18.6. The van der Waals surface area contributed by atoms with Crippen LogP contribution in [0.4, 0.5) is 0 Å². The van der Waals surface area contributed by atoms with E-state index in [4.69, 9.17) is 4.74 Å². The molecule has 6 heteroatoms. The number of hydrogen-bond donors (Lipinski definition) is 1. The van der Waals surface area contributed by atoms with Crippen LogP contribution in [0, 0.1) is 0 Å². The fourth-order valence-corrected chi connectivity index (χ4v) is 5.05. The van der Waals surface area contributed by atoms with Gasteiger partial charge in [0.15, 0.2) is 11.4 Å². The summed E-state index contributed by atoms with van der Waals surface area (Å²) in [7, 11) is 0. The summed E-state index contributed by atoms with van der Waals surface area (Å²) < 4.78 is 5.85. The average molecular weight is 585 g/mol. The highest BCUT2D eigenvalue weighted by atomic mass is 16.5. The van der Waals surface area contributed by atoms with Crippen LogP contribution in [0.5, 0.6) is 0 Å². The number of hydrogen-bond acceptors (Lipinski definition) is 4. The molecule has 2 aliphatic heterocycles. The van der Waals surface area contributed by atoms with Crippen LogP contribution >= 0.6 is 0 Å². The number of nitrogens with one attached hydrogen (secondary N) is 1. The van der Waals surface area contributed by atoms with Crippen LogP contribution in [-0.4, -0.2) is 41.6 Å². The number of piperidine rings is 1. The monoisotopic (exact) mass is 584 g/mol. The Hall–Kier alpha value is -3.93. The largest absolute Gasteiger partial charge is 0.469 e. The predicted octanol–water partition coefficient (Wildman–Crippen LogP) is 7.41. The highest BCUT2D eigenvalue weighted by molar-refractivity contribution is 6.07. The molecule has 3 rings (SSSR count). The normalized spacial score (nSPS) is 19.8. The van der Waals surface area contributed by atoms with Gasteiger partial charge in [-0.25, -0.2) is 0 Å². The maximum absolute atomic E-state index is 12.8. The van der Waals surface area contributed by atoms with Gasteiger partial charge < -0.3 is 15.0 Å². The van der Waals surface area contributed by atoms with E-state index in [0.717, 1.165) is 44.9 Å². The lowest BCUT2D eigenvalue weighted by atomic mass is 9.92. The van der Waals surface area contributed by atoms with Gasteiger partial charge in [-0.3, -0.25) is 14.4 Å². The molecule has 1 aromatic carbocycles. The van der Waals surface area contributed by atoms with Crippen LogP contribution < -0.4 is 5.32 Å². The standard InChI is InChI=1S/C37H48N2O4/c1-3-4-5-6-7-8-9-10-11-12-13-14-15-16-17-18-22-25-35(41)39-28-26-32(27-29-39)38-36(42)33-30-34(40)37(2,43-33)31-23-20-19-21-24-31/h4-5,7-8,10-11,13-14,16-17,19-21,23-24,30,32H,3,6,9,12,15,18,22,25-29H2,1-2H3,(H,38,42). The molecule has 0 radical (unpaired) electrons. The molecule has 0 bridgehead atoms. The Kier molecular flexibility index (Phi) is 14.5. The van der Waals surface area contributed by atoms with Crippen LogP contribution in [0.15, 0.2) is 103 Å². The van der Waals surface area contributed by atoms with Crippen LogP contribution in [-0.2, 0) is 24.7 Å². The molecule has 43 heavy (non-hydrogen) atoms. The number of ether oxygens (including phenoxy) is 1. The minimum absolute atomic E-state index is 0.0462. The molecule has 2 amide bonds. The first-order valence-electron chi connectivity index (χ1n) is 15.8. The van der Waals surface area contributed by atoms with Gasteiger partial charge in [0.25, 0.3) is 5.91 Å². The Morgan fingerprint density at radius 2 is 1.44 bits per heavy atom. The molecule has 1 unspecified atom stereocenters. The van der Waals surface area contributed by atoms with Crippen molar-refractivity contribution in [3.05, 3.63) is 108 Å². The molecule has 1 atom stereocenters. The van der Waals surface area contributed by atoms with Gasteiger partial charge >= 0.3 is 0 Å². The zero-order valence-corrected chi connectivity index (χ0v) is 25.9. The lowest BCUT2D eigenvalue weighted by Gasteiger charge is -2.32. The zero-order chi connectivity index (χ0) is 30.8. The van der Waals surface area contributed by atoms with Crippen LogP contribution in [0.3, 0.4) is 0 Å². The Balaban J connectivity index is 1.24. The first kappa shape index (κ1) is 33.6. The Bertz CT molecular complexity index is 1220. The van der Waals surface area contributed by atoms with Crippen molar-refractivity contribution >= 4 is 17.6 Å². The predicted molar refractivity (Wildman–Crippen MR) is 174 cm³/mol. The third kappa shape index (κ3) is 11.3. The minimum atomic E-state index is -1.18. The highest BCUT2D eigenvalue weighted by Gasteiger charge is 2.43. The number of benzene rings is 1. The first-order chi connectivity index (χ1) is 20.9. The van der Waals surface area contributed by atoms with E-state index >= 15 is 0 Å². The van der Waals surface area contributed by atoms with E-state index in [1.54, 1.807) is 6.92 Å². The van der Waals surface area contributed by atoms with E-state index in [0.29, 0.717) is 37.9 Å². The molecule has 0 spiro atoms. The Labute approximate surface area is 258 Å². The SMILES string of the molecule is CCC=CCC=CCC=CCC=CCC=CCCCC(=O)N1CCC(NC(=O)C2=CC(=O)C(C)(c3ccccc3)O2)CC1. The summed E-state index contributed by atoms with van der Waals surface area (Å²) in [5.41, 5.74) is -0.469. The number of unbranched alkanes of at least 4 members (excludes halogenated alkanes) is 1. The second-order valence-electron chi connectivity index (χ2n) is 11.1. The molecule has 0 saturated carbocycles. The molecular formula is C37H48N2O4. The fraction of sp³-hybridized carbons (Fsp3) is 0.432. The quantitative estimate of drug-likeness (QED) is 0.162. The third-order valence-electron chi connectivity index (χ3n) is 7.70. The van der Waals surface area contributed by atoms with Crippen molar-refractivity contribution in [2.45, 2.75) is 89.7 Å². The van der Waals surface area contributed by atoms with Gasteiger partial charge in [0.2, 0.25) is 11.7 Å². The maximum Gasteiger partial charge on any atom is 0.286 e. The van der Waals surface area contributed by atoms with Crippen molar-refractivity contribution in [2.75, 3.05) is 13.1 Å². The van der Waals surface area contributed by atoms with Gasteiger partial charge in [-0.05, 0) is 64.7 Å².